The Labute approximate surface area is 390 Å². The van der Waals surface area contributed by atoms with E-state index in [1.807, 2.05) is 0 Å². The smallest absolute Gasteiger partial charge is 0.306 e. The number of esters is 3. The molecule has 6 nitrogen and oxygen atoms in total. The van der Waals surface area contributed by atoms with Gasteiger partial charge in [-0.05, 0) is 64.2 Å². The van der Waals surface area contributed by atoms with E-state index < -0.39 is 6.10 Å². The molecule has 63 heavy (non-hydrogen) atoms. The fourth-order valence-electron chi connectivity index (χ4n) is 7.49. The summed E-state index contributed by atoms with van der Waals surface area (Å²) in [4.78, 5) is 38.0. The molecule has 0 aliphatic carbocycles. The van der Waals surface area contributed by atoms with E-state index in [0.29, 0.717) is 19.3 Å². The zero-order valence-electron chi connectivity index (χ0n) is 41.6. The highest BCUT2D eigenvalue weighted by atomic mass is 16.6. The Morgan fingerprint density at radius 3 is 1.02 bits per heavy atom. The quantitative estimate of drug-likeness (QED) is 0.0199. The number of carbonyl (C=O) groups excluding carboxylic acids is 3. The van der Waals surface area contributed by atoms with Gasteiger partial charge in [-0.3, -0.25) is 14.4 Å². The zero-order valence-corrected chi connectivity index (χ0v) is 41.6. The number of hydrogen-bond acceptors (Lipinski definition) is 6. The number of hydrogen-bond donors (Lipinski definition) is 0. The van der Waals surface area contributed by atoms with Crippen LogP contribution in [-0.4, -0.2) is 37.2 Å². The first kappa shape index (κ1) is 60.1. The summed E-state index contributed by atoms with van der Waals surface area (Å²) in [5.74, 6) is -0.914. The molecule has 0 aliphatic heterocycles. The maximum atomic E-state index is 12.8. The third-order valence-electron chi connectivity index (χ3n) is 11.6. The molecule has 0 aliphatic rings. The minimum absolute atomic E-state index is 0.0864. The van der Waals surface area contributed by atoms with Gasteiger partial charge in [-0.2, -0.15) is 0 Å². The van der Waals surface area contributed by atoms with Gasteiger partial charge in [0, 0.05) is 19.3 Å². The molecule has 1 atom stereocenters. The Bertz CT molecular complexity index is 1150. The van der Waals surface area contributed by atoms with Crippen molar-refractivity contribution in [2.45, 2.75) is 271 Å². The van der Waals surface area contributed by atoms with Gasteiger partial charge in [0.05, 0.1) is 0 Å². The van der Waals surface area contributed by atoms with Crippen molar-refractivity contribution in [3.63, 3.8) is 0 Å². The largest absolute Gasteiger partial charge is 0.462 e. The monoisotopic (exact) mass is 881 g/mol. The molecular formula is C57H100O6. The molecule has 0 spiro atoms. The predicted molar refractivity (Wildman–Crippen MR) is 270 cm³/mol. The Morgan fingerprint density at radius 2 is 0.603 bits per heavy atom. The lowest BCUT2D eigenvalue weighted by Gasteiger charge is -2.18. The van der Waals surface area contributed by atoms with Gasteiger partial charge in [0.25, 0.3) is 0 Å². The molecule has 0 fully saturated rings. The first-order valence-electron chi connectivity index (χ1n) is 26.8. The summed E-state index contributed by atoms with van der Waals surface area (Å²) in [6.07, 6.45) is 63.5. The van der Waals surface area contributed by atoms with Crippen LogP contribution in [0.4, 0.5) is 0 Å². The van der Waals surface area contributed by atoms with Crippen molar-refractivity contribution in [1.29, 1.82) is 0 Å². The SMILES string of the molecule is CCCC/C=C\CCCCCCC(=O)OCC(COC(=O)CCCCCCC\C=C/C=C\C=C/C=C\CCCCC)OC(=O)CCCCCCCCCCCCCCCCCCC. The molecule has 0 aromatic rings. The topological polar surface area (TPSA) is 78.9 Å². The second-order valence-electron chi connectivity index (χ2n) is 17.9. The summed E-state index contributed by atoms with van der Waals surface area (Å²) in [6, 6.07) is 0. The van der Waals surface area contributed by atoms with Gasteiger partial charge in [-0.25, -0.2) is 0 Å². The maximum absolute atomic E-state index is 12.8. The molecule has 0 saturated heterocycles. The average molecular weight is 881 g/mol. The van der Waals surface area contributed by atoms with Gasteiger partial charge in [0.15, 0.2) is 6.10 Å². The Balaban J connectivity index is 4.37. The van der Waals surface area contributed by atoms with Gasteiger partial charge in [0.2, 0.25) is 0 Å². The number of carbonyl (C=O) groups is 3. The van der Waals surface area contributed by atoms with E-state index in [4.69, 9.17) is 14.2 Å². The molecule has 6 heteroatoms. The van der Waals surface area contributed by atoms with Crippen molar-refractivity contribution in [3.8, 4) is 0 Å². The third kappa shape index (κ3) is 50.0. The second-order valence-corrected chi connectivity index (χ2v) is 17.9. The summed E-state index contributed by atoms with van der Waals surface area (Å²) >= 11 is 0. The van der Waals surface area contributed by atoms with E-state index in [0.717, 1.165) is 103 Å². The lowest BCUT2D eigenvalue weighted by Crippen LogP contribution is -2.30. The van der Waals surface area contributed by atoms with Crippen molar-refractivity contribution in [3.05, 3.63) is 60.8 Å². The average Bonchev–Trinajstić information content (AvgIpc) is 3.28. The highest BCUT2D eigenvalue weighted by molar-refractivity contribution is 5.71. The van der Waals surface area contributed by atoms with Gasteiger partial charge in [-0.15, -0.1) is 0 Å². The minimum atomic E-state index is -0.785. The van der Waals surface area contributed by atoms with Crippen LogP contribution in [0.1, 0.15) is 265 Å². The number of allylic oxidation sites excluding steroid dienone is 10. The molecule has 1 unspecified atom stereocenters. The van der Waals surface area contributed by atoms with Crippen molar-refractivity contribution < 1.29 is 28.6 Å². The first-order valence-corrected chi connectivity index (χ1v) is 26.8. The molecule has 0 heterocycles. The van der Waals surface area contributed by atoms with Crippen LogP contribution in [0.25, 0.3) is 0 Å². The molecule has 0 rings (SSSR count). The fraction of sp³-hybridized carbons (Fsp3) is 0.772. The molecule has 0 aromatic carbocycles. The molecule has 0 bridgehead atoms. The van der Waals surface area contributed by atoms with Crippen molar-refractivity contribution in [1.82, 2.24) is 0 Å². The maximum Gasteiger partial charge on any atom is 0.306 e. The lowest BCUT2D eigenvalue weighted by molar-refractivity contribution is -0.167. The highest BCUT2D eigenvalue weighted by Gasteiger charge is 2.19. The van der Waals surface area contributed by atoms with Gasteiger partial charge in [0.1, 0.15) is 13.2 Å². The molecular weight excluding hydrogens is 781 g/mol. The van der Waals surface area contributed by atoms with Crippen LogP contribution in [0, 0.1) is 0 Å². The summed E-state index contributed by atoms with van der Waals surface area (Å²) < 4.78 is 16.8. The third-order valence-corrected chi connectivity index (χ3v) is 11.6. The van der Waals surface area contributed by atoms with Crippen molar-refractivity contribution in [2.24, 2.45) is 0 Å². The summed E-state index contributed by atoms with van der Waals surface area (Å²) in [6.45, 7) is 6.54. The molecule has 0 N–H and O–H groups in total. The van der Waals surface area contributed by atoms with E-state index >= 15 is 0 Å². The fourth-order valence-corrected chi connectivity index (χ4v) is 7.49. The van der Waals surface area contributed by atoms with Crippen LogP contribution in [0.3, 0.4) is 0 Å². The number of ether oxygens (including phenoxy) is 3. The van der Waals surface area contributed by atoms with Gasteiger partial charge in [-0.1, -0.05) is 242 Å². The van der Waals surface area contributed by atoms with Crippen molar-refractivity contribution >= 4 is 17.9 Å². The van der Waals surface area contributed by atoms with Gasteiger partial charge >= 0.3 is 17.9 Å². The van der Waals surface area contributed by atoms with E-state index in [1.165, 1.54) is 122 Å². The summed E-state index contributed by atoms with van der Waals surface area (Å²) in [7, 11) is 0. The van der Waals surface area contributed by atoms with Gasteiger partial charge < -0.3 is 14.2 Å². The summed E-state index contributed by atoms with van der Waals surface area (Å²) in [5.41, 5.74) is 0. The normalized spacial score (nSPS) is 12.5. The summed E-state index contributed by atoms with van der Waals surface area (Å²) in [5, 5.41) is 0. The lowest BCUT2D eigenvalue weighted by atomic mass is 10.0. The van der Waals surface area contributed by atoms with E-state index in [1.54, 1.807) is 0 Å². The predicted octanol–water partition coefficient (Wildman–Crippen LogP) is 17.6. The number of unbranched alkanes of at least 4 members (excludes halogenated alkanes) is 30. The molecule has 0 amide bonds. The molecule has 0 saturated carbocycles. The first-order chi connectivity index (χ1) is 31.0. The second kappa shape index (κ2) is 51.7. The Kier molecular flexibility index (Phi) is 49.4. The van der Waals surface area contributed by atoms with Crippen LogP contribution >= 0.6 is 0 Å². The van der Waals surface area contributed by atoms with E-state index in [2.05, 4.69) is 81.5 Å². The Hall–Kier alpha value is -2.89. The molecule has 364 valence electrons. The molecule has 0 radical (unpaired) electrons. The van der Waals surface area contributed by atoms with Crippen molar-refractivity contribution in [2.75, 3.05) is 13.2 Å². The minimum Gasteiger partial charge on any atom is -0.462 e. The van der Waals surface area contributed by atoms with Crippen LogP contribution in [-0.2, 0) is 28.6 Å². The van der Waals surface area contributed by atoms with E-state index in [-0.39, 0.29) is 31.1 Å². The van der Waals surface area contributed by atoms with E-state index in [9.17, 15) is 14.4 Å². The number of rotatable bonds is 48. The van der Waals surface area contributed by atoms with Crippen LogP contribution < -0.4 is 0 Å². The van der Waals surface area contributed by atoms with Crippen LogP contribution in [0.15, 0.2) is 60.8 Å². The molecule has 0 aromatic heterocycles. The highest BCUT2D eigenvalue weighted by Crippen LogP contribution is 2.16. The standard InChI is InChI=1S/C57H100O6/c1-4-7-10-13-16-19-22-24-26-28-30-31-33-35-38-41-44-47-50-56(59)62-53-54(52-61-55(58)49-46-43-40-37-21-18-15-12-9-6-3)63-57(60)51-48-45-42-39-36-34-32-29-27-25-23-20-17-14-11-8-5-2/h15-16,18-19,22,24,26,28,30-31,54H,4-14,17,20-21,23,25,27,29,32-53H2,1-3H3/b18-15-,19-16-,24-22-,28-26-,31-30-. The van der Waals surface area contributed by atoms with Crippen LogP contribution in [0.2, 0.25) is 0 Å². The zero-order chi connectivity index (χ0) is 45.8. The van der Waals surface area contributed by atoms with Crippen LogP contribution in [0.5, 0.6) is 0 Å². The Morgan fingerprint density at radius 1 is 0.317 bits per heavy atom.